The van der Waals surface area contributed by atoms with Crippen molar-refractivity contribution in [3.63, 3.8) is 0 Å². The summed E-state index contributed by atoms with van der Waals surface area (Å²) >= 11 is 0. The molecule has 7 nitrogen and oxygen atoms in total. The smallest absolute Gasteiger partial charge is 0.327 e. The maximum Gasteiger partial charge on any atom is 0.327 e. The minimum Gasteiger partial charge on any atom is -0.465 e. The predicted octanol–water partition coefficient (Wildman–Crippen LogP) is 2.12. The van der Waals surface area contributed by atoms with Crippen LogP contribution in [0, 0.1) is 11.3 Å². The first-order valence-corrected chi connectivity index (χ1v) is 5.96. The summed E-state index contributed by atoms with van der Waals surface area (Å²) in [6.07, 6.45) is 3.58. The third-order valence-electron chi connectivity index (χ3n) is 2.83. The summed E-state index contributed by atoms with van der Waals surface area (Å²) < 4.78 is 4.79. The third kappa shape index (κ3) is 3.85. The molecule has 1 rings (SSSR count). The number of carbonyl (C=O) groups is 1. The molecule has 0 amide bonds. The van der Waals surface area contributed by atoms with Gasteiger partial charge in [-0.2, -0.15) is 0 Å². The summed E-state index contributed by atoms with van der Waals surface area (Å²) in [6, 6.07) is -0.262. The third-order valence-corrected chi connectivity index (χ3v) is 2.83. The topological polar surface area (TPSA) is 111 Å². The van der Waals surface area contributed by atoms with Crippen LogP contribution in [0.4, 0.5) is 0 Å². The predicted molar refractivity (Wildman–Crippen MR) is 68.0 cm³/mol. The van der Waals surface area contributed by atoms with E-state index in [0.29, 0.717) is 6.61 Å². The number of esters is 1. The first kappa shape index (κ1) is 14.2. The number of aliphatic imine (C=N–C) groups is 1. The van der Waals surface area contributed by atoms with Crippen molar-refractivity contribution < 1.29 is 9.53 Å². The minimum atomic E-state index is -0.375. The number of nitrogens with zero attached hydrogens (tertiary/aromatic N) is 4. The van der Waals surface area contributed by atoms with E-state index in [1.54, 1.807) is 6.92 Å². The normalized spacial score (nSPS) is 25.3. The maximum absolute atomic E-state index is 11.2. The zero-order chi connectivity index (χ0) is 13.4. The second kappa shape index (κ2) is 7.45. The molecule has 0 aromatic carbocycles. The molecule has 1 saturated carbocycles. The van der Waals surface area contributed by atoms with Gasteiger partial charge >= 0.3 is 5.97 Å². The van der Waals surface area contributed by atoms with Gasteiger partial charge in [-0.1, -0.05) is 5.11 Å². The van der Waals surface area contributed by atoms with Crippen molar-refractivity contribution >= 4 is 17.9 Å². The standard InChI is InChI=1S/C11H17N5O2/c1-2-18-11(17)7-14-9-4-3-5-10(15-16-13)8(9)6-12/h6,8,10,12H,2-5,7H2,1H3. The number of rotatable bonds is 5. The fourth-order valence-electron chi connectivity index (χ4n) is 2.02. The largest absolute Gasteiger partial charge is 0.465 e. The Kier molecular flexibility index (Phi) is 5.87. The molecule has 0 aliphatic heterocycles. The molecule has 0 saturated heterocycles. The number of nitrogens with one attached hydrogen (secondary N) is 1. The highest BCUT2D eigenvalue weighted by Gasteiger charge is 2.27. The van der Waals surface area contributed by atoms with E-state index in [2.05, 4.69) is 15.0 Å². The molecule has 1 N–H and O–H groups in total. The number of hydrogen-bond acceptors (Lipinski definition) is 5. The maximum atomic E-state index is 11.2. The Labute approximate surface area is 105 Å². The molecule has 0 aromatic rings. The van der Waals surface area contributed by atoms with Crippen LogP contribution in [-0.4, -0.2) is 37.1 Å². The van der Waals surface area contributed by atoms with E-state index >= 15 is 0 Å². The van der Waals surface area contributed by atoms with E-state index in [1.165, 1.54) is 6.21 Å². The van der Waals surface area contributed by atoms with Crippen molar-refractivity contribution in [2.75, 3.05) is 13.2 Å². The van der Waals surface area contributed by atoms with E-state index in [4.69, 9.17) is 15.7 Å². The molecule has 0 aromatic heterocycles. The average Bonchev–Trinajstić information content (AvgIpc) is 2.37. The van der Waals surface area contributed by atoms with Gasteiger partial charge < -0.3 is 10.1 Å². The highest BCUT2D eigenvalue weighted by molar-refractivity contribution is 6.00. The first-order chi connectivity index (χ1) is 8.72. The lowest BCUT2D eigenvalue weighted by atomic mass is 9.84. The molecule has 1 aliphatic carbocycles. The van der Waals surface area contributed by atoms with Crippen LogP contribution in [0.2, 0.25) is 0 Å². The average molecular weight is 251 g/mol. The molecule has 1 aliphatic rings. The van der Waals surface area contributed by atoms with Crippen LogP contribution in [0.3, 0.4) is 0 Å². The Bertz CT molecular complexity index is 387. The highest BCUT2D eigenvalue weighted by atomic mass is 16.5. The first-order valence-electron chi connectivity index (χ1n) is 5.96. The Hall–Kier alpha value is -1.88. The molecule has 98 valence electrons. The van der Waals surface area contributed by atoms with Gasteiger partial charge in [0.25, 0.3) is 0 Å². The Morgan fingerprint density at radius 1 is 1.72 bits per heavy atom. The molecule has 0 bridgehead atoms. The summed E-state index contributed by atoms with van der Waals surface area (Å²) in [5.41, 5.74) is 9.23. The summed E-state index contributed by atoms with van der Waals surface area (Å²) in [5, 5.41) is 11.1. The second-order valence-electron chi connectivity index (χ2n) is 3.97. The summed E-state index contributed by atoms with van der Waals surface area (Å²) in [5.74, 6) is -0.663. The van der Waals surface area contributed by atoms with Crippen LogP contribution >= 0.6 is 0 Å². The van der Waals surface area contributed by atoms with Crippen molar-refractivity contribution in [3.8, 4) is 0 Å². The summed E-state index contributed by atoms with van der Waals surface area (Å²) in [7, 11) is 0. The Balaban J connectivity index is 2.72. The van der Waals surface area contributed by atoms with Crippen LogP contribution in [0.5, 0.6) is 0 Å². The quantitative estimate of drug-likeness (QED) is 0.265. The van der Waals surface area contributed by atoms with Crippen molar-refractivity contribution in [2.24, 2.45) is 16.0 Å². The van der Waals surface area contributed by atoms with Crippen molar-refractivity contribution in [2.45, 2.75) is 32.2 Å². The van der Waals surface area contributed by atoms with Gasteiger partial charge in [0.2, 0.25) is 0 Å². The Morgan fingerprint density at radius 2 is 2.50 bits per heavy atom. The number of azide groups is 1. The fraction of sp³-hybridized carbons (Fsp3) is 0.727. The molecule has 1 fully saturated rings. The van der Waals surface area contributed by atoms with Crippen LogP contribution in [0.15, 0.2) is 10.1 Å². The molecule has 0 heterocycles. The highest BCUT2D eigenvalue weighted by Crippen LogP contribution is 2.24. The van der Waals surface area contributed by atoms with Gasteiger partial charge in [0.05, 0.1) is 12.6 Å². The van der Waals surface area contributed by atoms with Gasteiger partial charge in [-0.15, -0.1) is 0 Å². The molecular weight excluding hydrogens is 234 g/mol. The van der Waals surface area contributed by atoms with E-state index < -0.39 is 0 Å². The number of ether oxygens (including phenoxy) is 1. The lowest BCUT2D eigenvalue weighted by Gasteiger charge is -2.26. The van der Waals surface area contributed by atoms with E-state index in [1.807, 2.05) is 0 Å². The van der Waals surface area contributed by atoms with Crippen LogP contribution in [-0.2, 0) is 9.53 Å². The van der Waals surface area contributed by atoms with E-state index in [9.17, 15) is 4.79 Å². The molecule has 0 radical (unpaired) electrons. The second-order valence-corrected chi connectivity index (χ2v) is 3.97. The summed E-state index contributed by atoms with van der Waals surface area (Å²) in [6.45, 7) is 2.04. The van der Waals surface area contributed by atoms with E-state index in [-0.39, 0.29) is 24.5 Å². The molecular formula is C11H17N5O2. The number of hydrogen-bond donors (Lipinski definition) is 1. The molecule has 18 heavy (non-hydrogen) atoms. The molecule has 2 atom stereocenters. The fourth-order valence-corrected chi connectivity index (χ4v) is 2.02. The van der Waals surface area contributed by atoms with Gasteiger partial charge in [0.1, 0.15) is 6.54 Å². The van der Waals surface area contributed by atoms with Gasteiger partial charge in [-0.25, -0.2) is 0 Å². The SMILES string of the molecule is CCOC(=O)CN=C1CCCC(N=[N+]=[N-])C1C=N. The Morgan fingerprint density at radius 3 is 3.11 bits per heavy atom. The van der Waals surface area contributed by atoms with Gasteiger partial charge in [-0.05, 0) is 31.7 Å². The lowest BCUT2D eigenvalue weighted by molar-refractivity contribution is -0.141. The molecule has 7 heteroatoms. The minimum absolute atomic E-state index is 0.0312. The van der Waals surface area contributed by atoms with Gasteiger partial charge in [-0.3, -0.25) is 9.79 Å². The van der Waals surface area contributed by atoms with Crippen LogP contribution in [0.1, 0.15) is 26.2 Å². The van der Waals surface area contributed by atoms with E-state index in [0.717, 1.165) is 25.0 Å². The zero-order valence-corrected chi connectivity index (χ0v) is 10.4. The molecule has 2 unspecified atom stereocenters. The van der Waals surface area contributed by atoms with Crippen molar-refractivity contribution in [1.29, 1.82) is 5.41 Å². The summed E-state index contributed by atoms with van der Waals surface area (Å²) in [4.78, 5) is 18.2. The van der Waals surface area contributed by atoms with Crippen molar-refractivity contribution in [1.82, 2.24) is 0 Å². The zero-order valence-electron chi connectivity index (χ0n) is 10.4. The van der Waals surface area contributed by atoms with Gasteiger partial charge in [0.15, 0.2) is 0 Å². The lowest BCUT2D eigenvalue weighted by Crippen LogP contribution is -2.33. The molecule has 0 spiro atoms. The van der Waals surface area contributed by atoms with Crippen LogP contribution in [0.25, 0.3) is 10.4 Å². The monoisotopic (exact) mass is 251 g/mol. The number of carbonyl (C=O) groups excluding carboxylic acids is 1. The van der Waals surface area contributed by atoms with Gasteiger partial charge in [0, 0.05) is 22.8 Å². The van der Waals surface area contributed by atoms with Crippen molar-refractivity contribution in [3.05, 3.63) is 10.4 Å². The van der Waals surface area contributed by atoms with Crippen LogP contribution < -0.4 is 0 Å².